The van der Waals surface area contributed by atoms with Gasteiger partial charge in [-0.25, -0.2) is 4.39 Å². The highest BCUT2D eigenvalue weighted by molar-refractivity contribution is 6.31. The molecule has 0 aliphatic heterocycles. The van der Waals surface area contributed by atoms with Gasteiger partial charge in [0.2, 0.25) is 0 Å². The van der Waals surface area contributed by atoms with E-state index in [1.165, 1.54) is 6.07 Å². The van der Waals surface area contributed by atoms with Crippen molar-refractivity contribution in [3.05, 3.63) is 52.1 Å². The molecule has 0 aliphatic rings. The third-order valence-corrected chi connectivity index (χ3v) is 4.14. The van der Waals surface area contributed by atoms with Crippen LogP contribution in [-0.2, 0) is 19.4 Å². The number of rotatable bonds is 6. The fourth-order valence-corrected chi connectivity index (χ4v) is 2.87. The van der Waals surface area contributed by atoms with E-state index in [4.69, 9.17) is 11.6 Å². The first kappa shape index (κ1) is 16.0. The normalized spacial score (nSPS) is 12.6. The number of halogens is 2. The van der Waals surface area contributed by atoms with Gasteiger partial charge in [-0.3, -0.25) is 4.68 Å². The molecule has 2 aromatic rings. The zero-order valence-electron chi connectivity index (χ0n) is 12.3. The zero-order valence-corrected chi connectivity index (χ0v) is 13.1. The van der Waals surface area contributed by atoms with Crippen molar-refractivity contribution < 1.29 is 9.50 Å². The number of aromatic nitrogens is 2. The topological polar surface area (TPSA) is 38.0 Å². The lowest BCUT2D eigenvalue weighted by Gasteiger charge is -2.16. The average Bonchev–Trinajstić information content (AvgIpc) is 2.81. The van der Waals surface area contributed by atoms with Crippen molar-refractivity contribution in [2.75, 3.05) is 6.61 Å². The Hall–Kier alpha value is -1.39. The summed E-state index contributed by atoms with van der Waals surface area (Å²) in [5, 5.41) is 14.7. The minimum atomic E-state index is -0.324. The van der Waals surface area contributed by atoms with Gasteiger partial charge >= 0.3 is 0 Å². The third-order valence-electron chi connectivity index (χ3n) is 3.70. The predicted octanol–water partition coefficient (Wildman–Crippen LogP) is 3.58. The van der Waals surface area contributed by atoms with E-state index in [1.807, 2.05) is 18.5 Å². The standard InChI is InChI=1S/C16H20ClFN2O/c1-3-14-16(17)15(20(4-2)19-14)9-11(10-21)12-7-5-6-8-13(12)18/h5-8,11,21H,3-4,9-10H2,1-2H3. The van der Waals surface area contributed by atoms with Crippen LogP contribution in [0.2, 0.25) is 5.02 Å². The minimum absolute atomic E-state index is 0.131. The molecule has 0 aliphatic carbocycles. The molecule has 1 heterocycles. The summed E-state index contributed by atoms with van der Waals surface area (Å²) in [5.41, 5.74) is 2.22. The van der Waals surface area contributed by atoms with Crippen LogP contribution in [0.3, 0.4) is 0 Å². The maximum atomic E-state index is 13.9. The van der Waals surface area contributed by atoms with Crippen molar-refractivity contribution >= 4 is 11.6 Å². The van der Waals surface area contributed by atoms with Crippen LogP contribution in [0.4, 0.5) is 4.39 Å². The molecular formula is C16H20ClFN2O. The minimum Gasteiger partial charge on any atom is -0.396 e. The van der Waals surface area contributed by atoms with Gasteiger partial charge in [0, 0.05) is 18.9 Å². The van der Waals surface area contributed by atoms with Gasteiger partial charge in [-0.15, -0.1) is 0 Å². The molecule has 1 unspecified atom stereocenters. The molecule has 0 fully saturated rings. The Balaban J connectivity index is 2.35. The second-order valence-corrected chi connectivity index (χ2v) is 5.36. The van der Waals surface area contributed by atoms with Gasteiger partial charge in [0.25, 0.3) is 0 Å². The summed E-state index contributed by atoms with van der Waals surface area (Å²) in [7, 11) is 0. The Kier molecular flexibility index (Phi) is 5.37. The lowest BCUT2D eigenvalue weighted by Crippen LogP contribution is -2.13. The van der Waals surface area contributed by atoms with Gasteiger partial charge in [0.15, 0.2) is 0 Å². The highest BCUT2D eigenvalue weighted by atomic mass is 35.5. The van der Waals surface area contributed by atoms with E-state index < -0.39 is 0 Å². The Labute approximate surface area is 129 Å². The Morgan fingerprint density at radius 3 is 2.62 bits per heavy atom. The molecular weight excluding hydrogens is 291 g/mol. The first-order valence-electron chi connectivity index (χ1n) is 7.21. The highest BCUT2D eigenvalue weighted by Crippen LogP contribution is 2.29. The van der Waals surface area contributed by atoms with Crippen molar-refractivity contribution in [1.82, 2.24) is 9.78 Å². The van der Waals surface area contributed by atoms with Crippen LogP contribution in [0.5, 0.6) is 0 Å². The number of benzene rings is 1. The zero-order chi connectivity index (χ0) is 15.4. The smallest absolute Gasteiger partial charge is 0.126 e. The molecule has 3 nitrogen and oxygen atoms in total. The molecule has 1 N–H and O–H groups in total. The summed E-state index contributed by atoms with van der Waals surface area (Å²) in [4.78, 5) is 0. The van der Waals surface area contributed by atoms with E-state index in [9.17, 15) is 9.50 Å². The van der Waals surface area contributed by atoms with Crippen LogP contribution in [0, 0.1) is 5.82 Å². The molecule has 0 amide bonds. The molecule has 0 bridgehead atoms. The molecule has 0 saturated carbocycles. The van der Waals surface area contributed by atoms with Gasteiger partial charge in [0.1, 0.15) is 5.82 Å². The van der Waals surface area contributed by atoms with Crippen LogP contribution < -0.4 is 0 Å². The summed E-state index contributed by atoms with van der Waals surface area (Å²) < 4.78 is 15.8. The molecule has 1 atom stereocenters. The van der Waals surface area contributed by atoms with E-state index >= 15 is 0 Å². The number of nitrogens with zero attached hydrogens (tertiary/aromatic N) is 2. The molecule has 21 heavy (non-hydrogen) atoms. The second-order valence-electron chi connectivity index (χ2n) is 4.98. The van der Waals surface area contributed by atoms with Gasteiger partial charge in [-0.05, 0) is 25.0 Å². The number of aliphatic hydroxyl groups is 1. The van der Waals surface area contributed by atoms with E-state index in [0.29, 0.717) is 23.6 Å². The SMILES string of the molecule is CCc1nn(CC)c(CC(CO)c2ccccc2F)c1Cl. The quantitative estimate of drug-likeness (QED) is 0.885. The van der Waals surface area contributed by atoms with E-state index in [1.54, 1.807) is 18.2 Å². The fourth-order valence-electron chi connectivity index (χ4n) is 2.52. The molecule has 1 aromatic carbocycles. The van der Waals surface area contributed by atoms with E-state index in [0.717, 1.165) is 17.8 Å². The van der Waals surface area contributed by atoms with Crippen LogP contribution in [0.25, 0.3) is 0 Å². The lowest BCUT2D eigenvalue weighted by atomic mass is 9.94. The number of aliphatic hydroxyl groups excluding tert-OH is 1. The van der Waals surface area contributed by atoms with Crippen molar-refractivity contribution in [3.8, 4) is 0 Å². The lowest BCUT2D eigenvalue weighted by molar-refractivity contribution is 0.260. The van der Waals surface area contributed by atoms with Crippen molar-refractivity contribution in [1.29, 1.82) is 0 Å². The van der Waals surface area contributed by atoms with Gasteiger partial charge < -0.3 is 5.11 Å². The number of aryl methyl sites for hydroxylation is 2. The highest BCUT2D eigenvalue weighted by Gasteiger charge is 2.21. The second kappa shape index (κ2) is 7.05. The first-order chi connectivity index (χ1) is 10.1. The Bertz CT molecular complexity index is 612. The van der Waals surface area contributed by atoms with Crippen molar-refractivity contribution in [3.63, 3.8) is 0 Å². The summed E-state index contributed by atoms with van der Waals surface area (Å²) >= 11 is 6.38. The largest absolute Gasteiger partial charge is 0.396 e. The summed E-state index contributed by atoms with van der Waals surface area (Å²) in [5.74, 6) is -0.624. The maximum absolute atomic E-state index is 13.9. The summed E-state index contributed by atoms with van der Waals surface area (Å²) in [6.45, 7) is 4.56. The van der Waals surface area contributed by atoms with Crippen molar-refractivity contribution in [2.24, 2.45) is 0 Å². The van der Waals surface area contributed by atoms with Crippen molar-refractivity contribution in [2.45, 2.75) is 39.2 Å². The van der Waals surface area contributed by atoms with Crippen LogP contribution in [-0.4, -0.2) is 21.5 Å². The molecule has 2 rings (SSSR count). The molecule has 0 spiro atoms. The Morgan fingerprint density at radius 1 is 1.33 bits per heavy atom. The van der Waals surface area contributed by atoms with E-state index in [-0.39, 0.29) is 18.3 Å². The van der Waals surface area contributed by atoms with Crippen LogP contribution in [0.15, 0.2) is 24.3 Å². The summed E-state index contributed by atoms with van der Waals surface area (Å²) in [6, 6.07) is 6.54. The van der Waals surface area contributed by atoms with Gasteiger partial charge in [-0.1, -0.05) is 36.7 Å². The summed E-state index contributed by atoms with van der Waals surface area (Å²) in [6.07, 6.45) is 1.22. The molecule has 5 heteroatoms. The maximum Gasteiger partial charge on any atom is 0.126 e. The third kappa shape index (κ3) is 3.27. The predicted molar refractivity (Wildman–Crippen MR) is 82.2 cm³/mol. The molecule has 0 radical (unpaired) electrons. The van der Waals surface area contributed by atoms with E-state index in [2.05, 4.69) is 5.10 Å². The average molecular weight is 311 g/mol. The Morgan fingerprint density at radius 2 is 2.05 bits per heavy atom. The fraction of sp³-hybridized carbons (Fsp3) is 0.438. The van der Waals surface area contributed by atoms with Gasteiger partial charge in [0.05, 0.1) is 23.0 Å². The van der Waals surface area contributed by atoms with Crippen LogP contribution >= 0.6 is 11.6 Å². The monoisotopic (exact) mass is 310 g/mol. The number of hydrogen-bond donors (Lipinski definition) is 1. The van der Waals surface area contributed by atoms with Crippen LogP contribution in [0.1, 0.15) is 36.7 Å². The molecule has 0 saturated heterocycles. The molecule has 114 valence electrons. The number of hydrogen-bond acceptors (Lipinski definition) is 2. The molecule has 1 aromatic heterocycles. The van der Waals surface area contributed by atoms with Gasteiger partial charge in [-0.2, -0.15) is 5.10 Å². The first-order valence-corrected chi connectivity index (χ1v) is 7.59.